The lowest BCUT2D eigenvalue weighted by molar-refractivity contribution is -0.153. The van der Waals surface area contributed by atoms with E-state index >= 15 is 0 Å². The number of fused-ring (bicyclic) bond motifs is 1. The molecule has 0 aliphatic carbocycles. The molecule has 0 heterocycles. The predicted molar refractivity (Wildman–Crippen MR) is 99.3 cm³/mol. The van der Waals surface area contributed by atoms with Crippen molar-refractivity contribution in [3.8, 4) is 0 Å². The van der Waals surface area contributed by atoms with E-state index in [2.05, 4.69) is 45.7 Å². The van der Waals surface area contributed by atoms with Gasteiger partial charge in [-0.15, -0.1) is 0 Å². The fourth-order valence-electron chi connectivity index (χ4n) is 2.59. The minimum atomic E-state index is -0.516. The maximum Gasteiger partial charge on any atom is 0.320 e. The Hall–Kier alpha value is -2.56. The Morgan fingerprint density at radius 3 is 2.64 bits per heavy atom. The molecular weight excluding hydrogens is 316 g/mol. The molecule has 2 rings (SSSR count). The molecule has 1 N–H and O–H groups in total. The first kappa shape index (κ1) is 18.8. The van der Waals surface area contributed by atoms with Gasteiger partial charge in [0.05, 0.1) is 6.54 Å². The number of hydrogen-bond donors (Lipinski definition) is 1. The summed E-state index contributed by atoms with van der Waals surface area (Å²) in [5, 5.41) is 9.13. The van der Waals surface area contributed by atoms with Crippen LogP contribution in [-0.4, -0.2) is 30.7 Å². The Morgan fingerprint density at radius 1 is 1.24 bits per heavy atom. The number of esters is 1. The van der Waals surface area contributed by atoms with Crippen molar-refractivity contribution >= 4 is 16.7 Å². The molecule has 0 radical (unpaired) electrons. The molecular formula is C19H24N4O2. The average Bonchev–Trinajstić information content (AvgIpc) is 2.55. The van der Waals surface area contributed by atoms with Crippen LogP contribution in [0.15, 0.2) is 47.6 Å². The molecule has 2 aromatic rings. The van der Waals surface area contributed by atoms with Crippen LogP contribution in [0.3, 0.4) is 0 Å². The van der Waals surface area contributed by atoms with Crippen LogP contribution in [-0.2, 0) is 16.0 Å². The summed E-state index contributed by atoms with van der Waals surface area (Å²) in [6.45, 7) is 5.84. The monoisotopic (exact) mass is 340 g/mol. The lowest BCUT2D eigenvalue weighted by atomic mass is 10.0. The van der Waals surface area contributed by atoms with Crippen molar-refractivity contribution in [3.05, 3.63) is 58.5 Å². The summed E-state index contributed by atoms with van der Waals surface area (Å²) < 4.78 is 5.30. The van der Waals surface area contributed by atoms with Gasteiger partial charge in [-0.1, -0.05) is 47.6 Å². The van der Waals surface area contributed by atoms with Gasteiger partial charge in [0.15, 0.2) is 0 Å². The zero-order valence-electron chi connectivity index (χ0n) is 14.9. The molecule has 0 bridgehead atoms. The second-order valence-electron chi connectivity index (χ2n) is 6.96. The summed E-state index contributed by atoms with van der Waals surface area (Å²) in [7, 11) is 0. The molecule has 0 aliphatic heterocycles. The fraction of sp³-hybridized carbons (Fsp3) is 0.421. The number of carbonyl (C=O) groups excluding carboxylic acids is 1. The van der Waals surface area contributed by atoms with E-state index in [1.807, 2.05) is 32.9 Å². The van der Waals surface area contributed by atoms with Gasteiger partial charge in [0, 0.05) is 17.5 Å². The Morgan fingerprint density at radius 2 is 1.96 bits per heavy atom. The van der Waals surface area contributed by atoms with Gasteiger partial charge < -0.3 is 10.1 Å². The summed E-state index contributed by atoms with van der Waals surface area (Å²) in [6, 6.07) is 14.3. The minimum absolute atomic E-state index is 0.0798. The van der Waals surface area contributed by atoms with Crippen LogP contribution >= 0.6 is 0 Å². The highest BCUT2D eigenvalue weighted by Crippen LogP contribution is 2.17. The summed E-state index contributed by atoms with van der Waals surface area (Å²) in [5.74, 6) is -0.322. The second-order valence-corrected chi connectivity index (χ2v) is 6.96. The number of hydrogen-bond acceptors (Lipinski definition) is 4. The number of azide groups is 1. The molecule has 0 amide bonds. The Bertz CT molecular complexity index is 776. The summed E-state index contributed by atoms with van der Waals surface area (Å²) in [4.78, 5) is 14.7. The molecule has 25 heavy (non-hydrogen) atoms. The molecule has 6 heteroatoms. The number of benzene rings is 2. The predicted octanol–water partition coefficient (Wildman–Crippen LogP) is 3.99. The van der Waals surface area contributed by atoms with E-state index in [0.29, 0.717) is 6.42 Å². The molecule has 2 aromatic carbocycles. The Balaban J connectivity index is 2.03. The third-order valence-corrected chi connectivity index (χ3v) is 3.62. The van der Waals surface area contributed by atoms with Crippen LogP contribution in [0.4, 0.5) is 0 Å². The molecule has 0 aromatic heterocycles. The van der Waals surface area contributed by atoms with Gasteiger partial charge in [-0.2, -0.15) is 0 Å². The summed E-state index contributed by atoms with van der Waals surface area (Å²) >= 11 is 0. The molecule has 0 aliphatic rings. The SMILES string of the molecule is CC(C)(C)OC(=O)CN[C@@H](CN=[N+]=[N-])Cc1ccc2ccccc2c1. The first-order valence-electron chi connectivity index (χ1n) is 8.31. The van der Waals surface area contributed by atoms with Crippen molar-refractivity contribution < 1.29 is 9.53 Å². The first-order valence-corrected chi connectivity index (χ1v) is 8.31. The van der Waals surface area contributed by atoms with E-state index in [0.717, 1.165) is 10.9 Å². The van der Waals surface area contributed by atoms with Crippen molar-refractivity contribution in [1.29, 1.82) is 0 Å². The summed E-state index contributed by atoms with van der Waals surface area (Å²) in [5.41, 5.74) is 9.19. The average molecular weight is 340 g/mol. The number of nitrogens with zero attached hydrogens (tertiary/aromatic N) is 3. The smallest absolute Gasteiger partial charge is 0.320 e. The molecule has 132 valence electrons. The molecule has 6 nitrogen and oxygen atoms in total. The van der Waals surface area contributed by atoms with Crippen molar-refractivity contribution in [3.63, 3.8) is 0 Å². The lowest BCUT2D eigenvalue weighted by Crippen LogP contribution is -2.39. The maximum absolute atomic E-state index is 11.9. The van der Waals surface area contributed by atoms with Gasteiger partial charge in [-0.25, -0.2) is 0 Å². The van der Waals surface area contributed by atoms with Gasteiger partial charge in [-0.05, 0) is 49.1 Å². The molecule has 0 spiro atoms. The molecule has 0 fully saturated rings. The quantitative estimate of drug-likeness (QED) is 0.358. The molecule has 1 atom stereocenters. The highest BCUT2D eigenvalue weighted by Gasteiger charge is 2.17. The third-order valence-electron chi connectivity index (χ3n) is 3.62. The van der Waals surface area contributed by atoms with Gasteiger partial charge in [-0.3, -0.25) is 4.79 Å². The van der Waals surface area contributed by atoms with Crippen LogP contribution in [0.25, 0.3) is 21.2 Å². The van der Waals surface area contributed by atoms with E-state index in [-0.39, 0.29) is 25.1 Å². The lowest BCUT2D eigenvalue weighted by Gasteiger charge is -2.21. The molecule has 0 saturated heterocycles. The topological polar surface area (TPSA) is 87.1 Å². The highest BCUT2D eigenvalue weighted by atomic mass is 16.6. The fourth-order valence-corrected chi connectivity index (χ4v) is 2.59. The largest absolute Gasteiger partial charge is 0.459 e. The first-order chi connectivity index (χ1) is 11.9. The molecule has 0 saturated carbocycles. The van der Waals surface area contributed by atoms with Gasteiger partial charge >= 0.3 is 5.97 Å². The van der Waals surface area contributed by atoms with Gasteiger partial charge in [0.1, 0.15) is 5.60 Å². The van der Waals surface area contributed by atoms with Crippen molar-refractivity contribution in [2.45, 2.75) is 38.8 Å². The van der Waals surface area contributed by atoms with Crippen molar-refractivity contribution in [1.82, 2.24) is 5.32 Å². The summed E-state index contributed by atoms with van der Waals surface area (Å²) in [6.07, 6.45) is 0.659. The van der Waals surface area contributed by atoms with Crippen LogP contribution in [0.1, 0.15) is 26.3 Å². The number of ether oxygens (including phenoxy) is 1. The standard InChI is InChI=1S/C19H24N4O2/c1-19(2,3)25-18(24)13-21-17(12-22-23-20)11-14-8-9-15-6-4-5-7-16(15)10-14/h4-10,17,21H,11-13H2,1-3H3/t17-/m1/s1. The van der Waals surface area contributed by atoms with E-state index in [4.69, 9.17) is 10.3 Å². The highest BCUT2D eigenvalue weighted by molar-refractivity contribution is 5.83. The Labute approximate surface area is 147 Å². The van der Waals surface area contributed by atoms with Crippen molar-refractivity contribution in [2.24, 2.45) is 5.11 Å². The third kappa shape index (κ3) is 6.45. The number of nitrogens with one attached hydrogen (secondary N) is 1. The maximum atomic E-state index is 11.9. The van der Waals surface area contributed by atoms with Gasteiger partial charge in [0.2, 0.25) is 0 Å². The number of carbonyl (C=O) groups is 1. The zero-order chi connectivity index (χ0) is 18.3. The van der Waals surface area contributed by atoms with Crippen LogP contribution in [0, 0.1) is 0 Å². The minimum Gasteiger partial charge on any atom is -0.459 e. The van der Waals surface area contributed by atoms with Crippen molar-refractivity contribution in [2.75, 3.05) is 13.1 Å². The van der Waals surface area contributed by atoms with Crippen LogP contribution in [0.5, 0.6) is 0 Å². The zero-order valence-corrected chi connectivity index (χ0v) is 14.9. The number of rotatable bonds is 7. The van der Waals surface area contributed by atoms with Crippen LogP contribution < -0.4 is 5.32 Å². The normalized spacial score (nSPS) is 12.4. The Kier molecular flexibility index (Phi) is 6.39. The van der Waals surface area contributed by atoms with E-state index in [9.17, 15) is 4.79 Å². The van der Waals surface area contributed by atoms with E-state index < -0.39 is 5.60 Å². The van der Waals surface area contributed by atoms with E-state index in [1.165, 1.54) is 5.39 Å². The second kappa shape index (κ2) is 8.51. The van der Waals surface area contributed by atoms with Crippen LogP contribution in [0.2, 0.25) is 0 Å². The van der Waals surface area contributed by atoms with Gasteiger partial charge in [0.25, 0.3) is 0 Å². The van der Waals surface area contributed by atoms with E-state index in [1.54, 1.807) is 0 Å². The molecule has 0 unspecified atom stereocenters.